The molecule has 0 fully saturated rings. The average molecular weight is 1110 g/mol. The zero-order chi connectivity index (χ0) is 57.6. The highest BCUT2D eigenvalue weighted by molar-refractivity contribution is 5.71. The highest BCUT2D eigenvalue weighted by Gasteiger charge is 2.25. The summed E-state index contributed by atoms with van der Waals surface area (Å²) < 4.78 is 22.9. The lowest BCUT2D eigenvalue weighted by Gasteiger charge is -2.25. The van der Waals surface area contributed by atoms with Crippen molar-refractivity contribution in [3.8, 4) is 0 Å². The second-order valence-corrected chi connectivity index (χ2v) is 23.0. The monoisotopic (exact) mass is 1110 g/mol. The second kappa shape index (κ2) is 60.6. The Hall–Kier alpha value is -3.53. The Bertz CT molecular complexity index is 1570. The van der Waals surface area contributed by atoms with Crippen molar-refractivity contribution in [1.29, 1.82) is 0 Å². The quantitative estimate of drug-likeness (QED) is 0.0211. The third-order valence-electron chi connectivity index (χ3n) is 14.1. The molecule has 1 N–H and O–H groups in total. The number of hydrogen-bond donors (Lipinski definition) is 1. The molecule has 0 heterocycles. The number of allylic oxidation sites excluding steroid dienone is 14. The van der Waals surface area contributed by atoms with Gasteiger partial charge in [0.2, 0.25) is 0 Å². The van der Waals surface area contributed by atoms with Crippen molar-refractivity contribution in [3.63, 3.8) is 0 Å². The molecule has 0 spiro atoms. The maximum atomic E-state index is 12.9. The first-order chi connectivity index (χ1) is 38.6. The van der Waals surface area contributed by atoms with Gasteiger partial charge in [0, 0.05) is 12.8 Å². The van der Waals surface area contributed by atoms with Crippen molar-refractivity contribution in [2.75, 3.05) is 47.5 Å². The van der Waals surface area contributed by atoms with Crippen LogP contribution < -0.4 is 0 Å². The number of esters is 2. The Kier molecular flexibility index (Phi) is 57.9. The van der Waals surface area contributed by atoms with Gasteiger partial charge in [-0.05, 0) is 89.9 Å². The Morgan fingerprint density at radius 3 is 1.09 bits per heavy atom. The van der Waals surface area contributed by atoms with Crippen LogP contribution in [0.1, 0.15) is 284 Å². The SMILES string of the molecule is CC/C=C\C/C=C\C/C=C\C/C=C\C/C=C\C/C=C\CCCCCCCCC(=O)OC(COC(=O)CCCCCCCCCCCCCCCCCCC/C=C\CCCCCCCCCC)COC(OCC[N+](C)(C)C)C(=O)O. The van der Waals surface area contributed by atoms with Gasteiger partial charge in [0.05, 0.1) is 34.4 Å². The molecule has 2 atom stereocenters. The largest absolute Gasteiger partial charge is 0.477 e. The Morgan fingerprint density at radius 2 is 0.722 bits per heavy atom. The maximum Gasteiger partial charge on any atom is 0.361 e. The molecule has 2 unspecified atom stereocenters. The molecular formula is C70H124NO8+. The minimum absolute atomic E-state index is 0.181. The van der Waals surface area contributed by atoms with Gasteiger partial charge in [0.15, 0.2) is 6.10 Å². The van der Waals surface area contributed by atoms with Crippen molar-refractivity contribution in [2.45, 2.75) is 296 Å². The van der Waals surface area contributed by atoms with E-state index in [-0.39, 0.29) is 32.2 Å². The van der Waals surface area contributed by atoms with Crippen molar-refractivity contribution in [1.82, 2.24) is 0 Å². The average Bonchev–Trinajstić information content (AvgIpc) is 3.42. The predicted octanol–water partition coefficient (Wildman–Crippen LogP) is 19.9. The maximum absolute atomic E-state index is 12.9. The number of rotatable bonds is 60. The zero-order valence-corrected chi connectivity index (χ0v) is 52.0. The van der Waals surface area contributed by atoms with Gasteiger partial charge in [-0.1, -0.05) is 266 Å². The van der Waals surface area contributed by atoms with Crippen LogP contribution in [0.2, 0.25) is 0 Å². The van der Waals surface area contributed by atoms with E-state index in [2.05, 4.69) is 98.9 Å². The summed E-state index contributed by atoms with van der Waals surface area (Å²) in [5, 5.41) is 9.73. The van der Waals surface area contributed by atoms with Crippen LogP contribution in [0.25, 0.3) is 0 Å². The first kappa shape index (κ1) is 75.5. The molecule has 0 aliphatic heterocycles. The molecule has 0 aliphatic rings. The van der Waals surface area contributed by atoms with E-state index in [1.807, 2.05) is 21.1 Å². The van der Waals surface area contributed by atoms with E-state index < -0.39 is 24.3 Å². The van der Waals surface area contributed by atoms with Crippen molar-refractivity contribution in [2.24, 2.45) is 0 Å². The van der Waals surface area contributed by atoms with Gasteiger partial charge < -0.3 is 28.5 Å². The molecule has 0 bridgehead atoms. The Labute approximate surface area is 487 Å². The van der Waals surface area contributed by atoms with E-state index in [1.54, 1.807) is 0 Å². The lowest BCUT2D eigenvalue weighted by atomic mass is 10.0. The van der Waals surface area contributed by atoms with Crippen LogP contribution in [-0.4, -0.2) is 87.4 Å². The number of nitrogens with zero attached hydrogens (tertiary/aromatic N) is 1. The Balaban J connectivity index is 4.18. The van der Waals surface area contributed by atoms with Crippen LogP contribution in [0.15, 0.2) is 85.1 Å². The molecule has 79 heavy (non-hydrogen) atoms. The van der Waals surface area contributed by atoms with Crippen molar-refractivity contribution < 1.29 is 42.9 Å². The number of carbonyl (C=O) groups excluding carboxylic acids is 2. The number of likely N-dealkylation sites (N-methyl/N-ethyl adjacent to an activating group) is 1. The van der Waals surface area contributed by atoms with E-state index in [0.29, 0.717) is 23.9 Å². The van der Waals surface area contributed by atoms with E-state index in [1.165, 1.54) is 154 Å². The van der Waals surface area contributed by atoms with Crippen LogP contribution in [-0.2, 0) is 33.3 Å². The van der Waals surface area contributed by atoms with Crippen molar-refractivity contribution >= 4 is 17.9 Å². The summed E-state index contributed by atoms with van der Waals surface area (Å²) in [6, 6.07) is 0. The van der Waals surface area contributed by atoms with Gasteiger partial charge >= 0.3 is 17.9 Å². The summed E-state index contributed by atoms with van der Waals surface area (Å²) in [6.07, 6.45) is 78.2. The lowest BCUT2D eigenvalue weighted by molar-refractivity contribution is -0.870. The van der Waals surface area contributed by atoms with Crippen LogP contribution in [0.4, 0.5) is 0 Å². The van der Waals surface area contributed by atoms with Gasteiger partial charge in [-0.25, -0.2) is 4.79 Å². The summed E-state index contributed by atoms with van der Waals surface area (Å²) in [7, 11) is 5.97. The number of carboxylic acids is 1. The molecule has 0 aromatic carbocycles. The normalized spacial score (nSPS) is 13.3. The molecule has 456 valence electrons. The standard InChI is InChI=1S/C70H123NO8/c1-6-8-10-12-14-16-18-20-22-24-26-28-30-32-33-34-35-37-38-40-42-44-46-48-50-52-54-56-58-60-67(72)77-64-66(65-78-70(69(74)75)76-63-62-71(3,4)5)79-68(73)61-59-57-55-53-51-49-47-45-43-41-39-36-31-29-27-25-23-21-19-17-15-13-11-9-7-2/h9,11,15,17,21,23-24,26-27,29,36,39,43,45,66,70H,6-8,10,12-14,16,18-20,22,25,28,30-35,37-38,40-42,44,46-65H2,1-5H3/p+1/b11-9-,17-15-,23-21-,26-24-,29-27-,39-36-,45-43-. The van der Waals surface area contributed by atoms with Crippen LogP contribution in [0.3, 0.4) is 0 Å². The summed E-state index contributed by atoms with van der Waals surface area (Å²) >= 11 is 0. The summed E-state index contributed by atoms with van der Waals surface area (Å²) in [6.45, 7) is 4.77. The lowest BCUT2D eigenvalue weighted by Crippen LogP contribution is -2.40. The predicted molar refractivity (Wildman–Crippen MR) is 336 cm³/mol. The molecule has 0 aromatic rings. The fraction of sp³-hybridized carbons (Fsp3) is 0.757. The van der Waals surface area contributed by atoms with Gasteiger partial charge in [-0.15, -0.1) is 0 Å². The highest BCUT2D eigenvalue weighted by Crippen LogP contribution is 2.17. The minimum atomic E-state index is -1.52. The third-order valence-corrected chi connectivity index (χ3v) is 14.1. The number of carbonyl (C=O) groups is 3. The minimum Gasteiger partial charge on any atom is -0.477 e. The molecular weight excluding hydrogens is 983 g/mol. The first-order valence-electron chi connectivity index (χ1n) is 32.8. The molecule has 9 heteroatoms. The summed E-state index contributed by atoms with van der Waals surface area (Å²) in [5.41, 5.74) is 0. The fourth-order valence-corrected chi connectivity index (χ4v) is 9.13. The summed E-state index contributed by atoms with van der Waals surface area (Å²) in [5.74, 6) is -2.02. The Morgan fingerprint density at radius 1 is 0.392 bits per heavy atom. The number of unbranched alkanes of at least 4 members (excludes halogenated alkanes) is 31. The summed E-state index contributed by atoms with van der Waals surface area (Å²) in [4.78, 5) is 37.6. The van der Waals surface area contributed by atoms with Crippen LogP contribution in [0.5, 0.6) is 0 Å². The molecule has 9 nitrogen and oxygen atoms in total. The van der Waals surface area contributed by atoms with Crippen LogP contribution in [0, 0.1) is 0 Å². The number of aliphatic carboxylic acids is 1. The van der Waals surface area contributed by atoms with Gasteiger partial charge in [-0.2, -0.15) is 0 Å². The zero-order valence-electron chi connectivity index (χ0n) is 52.0. The molecule has 0 rings (SSSR count). The smallest absolute Gasteiger partial charge is 0.361 e. The first-order valence-corrected chi connectivity index (χ1v) is 32.8. The molecule has 0 aliphatic carbocycles. The fourth-order valence-electron chi connectivity index (χ4n) is 9.13. The molecule has 0 aromatic heterocycles. The highest BCUT2D eigenvalue weighted by atomic mass is 16.7. The van der Waals surface area contributed by atoms with Gasteiger partial charge in [0.25, 0.3) is 6.29 Å². The molecule has 0 radical (unpaired) electrons. The van der Waals surface area contributed by atoms with E-state index in [9.17, 15) is 19.5 Å². The van der Waals surface area contributed by atoms with E-state index in [0.717, 1.165) is 96.3 Å². The number of hydrogen-bond acceptors (Lipinski definition) is 7. The van der Waals surface area contributed by atoms with E-state index >= 15 is 0 Å². The topological polar surface area (TPSA) is 108 Å². The van der Waals surface area contributed by atoms with E-state index in [4.69, 9.17) is 18.9 Å². The third kappa shape index (κ3) is 61.9. The molecule has 0 saturated heterocycles. The second-order valence-electron chi connectivity index (χ2n) is 23.0. The number of ether oxygens (including phenoxy) is 4. The molecule has 0 amide bonds. The van der Waals surface area contributed by atoms with Crippen molar-refractivity contribution in [3.05, 3.63) is 85.1 Å². The molecule has 0 saturated carbocycles. The number of carboxylic acid groups (broad SMARTS) is 1. The van der Waals surface area contributed by atoms with Gasteiger partial charge in [0.1, 0.15) is 13.2 Å². The number of quaternary nitrogens is 1. The van der Waals surface area contributed by atoms with Gasteiger partial charge in [-0.3, -0.25) is 9.59 Å². The van der Waals surface area contributed by atoms with Crippen LogP contribution >= 0.6 is 0 Å².